The fourth-order valence-corrected chi connectivity index (χ4v) is 2.28. The molecule has 1 fully saturated rings. The minimum atomic E-state index is -1.39. The van der Waals surface area contributed by atoms with Crippen molar-refractivity contribution in [1.29, 1.82) is 0 Å². The maximum Gasteiger partial charge on any atom is 0.410 e. The van der Waals surface area contributed by atoms with Crippen LogP contribution in [0.4, 0.5) is 4.79 Å². The van der Waals surface area contributed by atoms with E-state index in [0.717, 1.165) is 10.5 Å². The molecule has 1 aromatic carbocycles. The van der Waals surface area contributed by atoms with Crippen molar-refractivity contribution >= 4 is 12.1 Å². The van der Waals surface area contributed by atoms with Crippen molar-refractivity contribution in [1.82, 2.24) is 4.90 Å². The van der Waals surface area contributed by atoms with Gasteiger partial charge in [-0.2, -0.15) is 0 Å². The van der Waals surface area contributed by atoms with Crippen molar-refractivity contribution in [3.8, 4) is 0 Å². The lowest BCUT2D eigenvalue weighted by Gasteiger charge is -2.21. The Kier molecular flexibility index (Phi) is 4.28. The molecule has 1 unspecified atom stereocenters. The van der Waals surface area contributed by atoms with Gasteiger partial charge in [-0.3, -0.25) is 4.90 Å². The van der Waals surface area contributed by atoms with Crippen LogP contribution in [0, 0.1) is 0 Å². The summed E-state index contributed by atoms with van der Waals surface area (Å²) in [4.78, 5) is 24.3. The number of hydrogen-bond donors (Lipinski definition) is 2. The Morgan fingerprint density at radius 3 is 2.67 bits per heavy atom. The molecule has 2 rings (SSSR count). The van der Waals surface area contributed by atoms with Crippen LogP contribution < -0.4 is 0 Å². The van der Waals surface area contributed by atoms with Crippen molar-refractivity contribution in [3.05, 3.63) is 48.6 Å². The monoisotopic (exact) mass is 291 g/mol. The summed E-state index contributed by atoms with van der Waals surface area (Å²) in [7, 11) is 0. The molecule has 0 radical (unpaired) electrons. The van der Waals surface area contributed by atoms with E-state index in [9.17, 15) is 14.7 Å². The summed E-state index contributed by atoms with van der Waals surface area (Å²) in [6.07, 6.45) is 0.406. The van der Waals surface area contributed by atoms with Crippen LogP contribution in [0.2, 0.25) is 0 Å². The molecule has 0 aliphatic carbocycles. The van der Waals surface area contributed by atoms with Gasteiger partial charge in [-0.15, -0.1) is 6.58 Å². The summed E-state index contributed by atoms with van der Waals surface area (Å²) in [5.74, 6) is -1.18. The number of carbonyl (C=O) groups is 2. The Hall–Kier alpha value is -2.34. The van der Waals surface area contributed by atoms with Crippen molar-refractivity contribution in [2.24, 2.45) is 0 Å². The Labute approximate surface area is 122 Å². The number of hydrogen-bond acceptors (Lipinski definition) is 4. The second-order valence-electron chi connectivity index (χ2n) is 5.03. The molecular weight excluding hydrogens is 274 g/mol. The van der Waals surface area contributed by atoms with Crippen LogP contribution in [-0.2, 0) is 16.1 Å². The lowest BCUT2D eigenvalue weighted by atomic mass is 10.0. The summed E-state index contributed by atoms with van der Waals surface area (Å²) in [6.45, 7) is 3.39. The Balaban J connectivity index is 2.03. The van der Waals surface area contributed by atoms with Crippen LogP contribution in [0.25, 0.3) is 0 Å². The van der Waals surface area contributed by atoms with E-state index in [2.05, 4.69) is 6.58 Å². The second kappa shape index (κ2) is 5.97. The molecule has 1 aliphatic heterocycles. The smallest absolute Gasteiger partial charge is 0.410 e. The highest BCUT2D eigenvalue weighted by molar-refractivity contribution is 5.81. The largest absolute Gasteiger partial charge is 0.480 e. The highest BCUT2D eigenvalue weighted by Gasteiger charge is 2.47. The van der Waals surface area contributed by atoms with Gasteiger partial charge in [-0.25, -0.2) is 9.59 Å². The Morgan fingerprint density at radius 1 is 1.43 bits per heavy atom. The minimum Gasteiger partial charge on any atom is -0.480 e. The van der Waals surface area contributed by atoms with E-state index in [0.29, 0.717) is 0 Å². The first-order valence-corrected chi connectivity index (χ1v) is 6.51. The number of β-amino-alcohol motifs (C(OH)–C–C–N with tert-alkyl or cyclic N) is 1. The topological polar surface area (TPSA) is 87.1 Å². The van der Waals surface area contributed by atoms with E-state index in [1.54, 1.807) is 12.1 Å². The normalized spacial score (nSPS) is 24.6. The van der Waals surface area contributed by atoms with Crippen molar-refractivity contribution < 1.29 is 24.5 Å². The number of likely N-dealkylation sites (tertiary alicyclic amines) is 1. The Morgan fingerprint density at radius 2 is 2.10 bits per heavy atom. The van der Waals surface area contributed by atoms with E-state index in [4.69, 9.17) is 9.84 Å². The molecule has 112 valence electrons. The van der Waals surface area contributed by atoms with E-state index in [-0.39, 0.29) is 19.6 Å². The molecule has 1 heterocycles. The van der Waals surface area contributed by atoms with Crippen LogP contribution in [0.3, 0.4) is 0 Å². The van der Waals surface area contributed by atoms with E-state index < -0.39 is 23.7 Å². The van der Waals surface area contributed by atoms with Gasteiger partial charge in [0.2, 0.25) is 0 Å². The summed E-state index contributed by atoms with van der Waals surface area (Å²) in [6, 6.07) is 7.95. The van der Waals surface area contributed by atoms with Gasteiger partial charge < -0.3 is 14.9 Å². The predicted molar refractivity (Wildman–Crippen MR) is 74.5 cm³/mol. The highest BCUT2D eigenvalue weighted by Crippen LogP contribution is 2.29. The summed E-state index contributed by atoms with van der Waals surface area (Å²) in [5, 5.41) is 19.2. The lowest BCUT2D eigenvalue weighted by Crippen LogP contribution is -2.41. The zero-order valence-corrected chi connectivity index (χ0v) is 11.4. The first-order chi connectivity index (χ1) is 9.95. The van der Waals surface area contributed by atoms with Crippen molar-refractivity contribution in [2.45, 2.75) is 24.7 Å². The van der Waals surface area contributed by atoms with Crippen LogP contribution >= 0.6 is 0 Å². The number of carboxylic acid groups (broad SMARTS) is 1. The minimum absolute atomic E-state index is 0.0506. The quantitative estimate of drug-likeness (QED) is 0.819. The fourth-order valence-electron chi connectivity index (χ4n) is 2.28. The SMILES string of the molecule is C=CC1(O)C[C@@H](C(=O)O)N(C(=O)OCc2ccccc2)C1. The zero-order chi connectivity index (χ0) is 15.5. The summed E-state index contributed by atoms with van der Waals surface area (Å²) < 4.78 is 5.11. The van der Waals surface area contributed by atoms with Gasteiger partial charge in [0.1, 0.15) is 18.2 Å². The Bertz CT molecular complexity index is 544. The highest BCUT2D eigenvalue weighted by atomic mass is 16.6. The third-order valence-electron chi connectivity index (χ3n) is 3.47. The summed E-state index contributed by atoms with van der Waals surface area (Å²) in [5.41, 5.74) is -0.592. The molecule has 1 saturated heterocycles. The average Bonchev–Trinajstić information content (AvgIpc) is 2.85. The first-order valence-electron chi connectivity index (χ1n) is 6.51. The van der Waals surface area contributed by atoms with E-state index in [1.807, 2.05) is 18.2 Å². The number of ether oxygens (including phenoxy) is 1. The number of benzene rings is 1. The maximum atomic E-state index is 12.0. The molecule has 21 heavy (non-hydrogen) atoms. The number of rotatable bonds is 4. The molecule has 0 spiro atoms. The van der Waals surface area contributed by atoms with E-state index >= 15 is 0 Å². The zero-order valence-electron chi connectivity index (χ0n) is 11.4. The molecule has 1 aliphatic rings. The number of carbonyl (C=O) groups excluding carboxylic acids is 1. The van der Waals surface area contributed by atoms with Crippen molar-refractivity contribution in [2.75, 3.05) is 6.54 Å². The molecule has 2 N–H and O–H groups in total. The van der Waals surface area contributed by atoms with Gasteiger partial charge in [0.05, 0.1) is 6.54 Å². The predicted octanol–water partition coefficient (Wildman–Crippen LogP) is 1.40. The van der Waals surface area contributed by atoms with Gasteiger partial charge >= 0.3 is 12.1 Å². The van der Waals surface area contributed by atoms with Crippen LogP contribution in [-0.4, -0.2) is 45.4 Å². The standard InChI is InChI=1S/C15H17NO5/c1-2-15(20)8-12(13(17)18)16(10-15)14(19)21-9-11-6-4-3-5-7-11/h2-7,12,20H,1,8-10H2,(H,17,18)/t12-,15?/m0/s1. The second-order valence-corrected chi connectivity index (χ2v) is 5.03. The van der Waals surface area contributed by atoms with Gasteiger partial charge in [-0.05, 0) is 5.56 Å². The molecule has 1 aromatic rings. The summed E-state index contributed by atoms with van der Waals surface area (Å²) >= 11 is 0. The molecule has 0 aromatic heterocycles. The molecule has 0 saturated carbocycles. The number of carboxylic acids is 1. The fraction of sp³-hybridized carbons (Fsp3) is 0.333. The van der Waals surface area contributed by atoms with Crippen LogP contribution in [0.15, 0.2) is 43.0 Å². The number of aliphatic hydroxyl groups is 1. The molecule has 6 heteroatoms. The van der Waals surface area contributed by atoms with E-state index in [1.165, 1.54) is 6.08 Å². The maximum absolute atomic E-state index is 12.0. The third-order valence-corrected chi connectivity index (χ3v) is 3.47. The lowest BCUT2D eigenvalue weighted by molar-refractivity contribution is -0.141. The first kappa shape index (κ1) is 15.1. The molecule has 2 atom stereocenters. The molecule has 1 amide bonds. The molecular formula is C15H17NO5. The average molecular weight is 291 g/mol. The number of nitrogens with zero attached hydrogens (tertiary/aromatic N) is 1. The number of aliphatic carboxylic acids is 1. The van der Waals surface area contributed by atoms with Crippen LogP contribution in [0.5, 0.6) is 0 Å². The van der Waals surface area contributed by atoms with Gasteiger partial charge in [-0.1, -0.05) is 36.4 Å². The molecule has 0 bridgehead atoms. The molecule has 6 nitrogen and oxygen atoms in total. The van der Waals surface area contributed by atoms with Gasteiger partial charge in [0.15, 0.2) is 0 Å². The third kappa shape index (κ3) is 3.41. The van der Waals surface area contributed by atoms with Gasteiger partial charge in [0, 0.05) is 6.42 Å². The number of amides is 1. The van der Waals surface area contributed by atoms with Gasteiger partial charge in [0.25, 0.3) is 0 Å². The van der Waals surface area contributed by atoms with Crippen LogP contribution in [0.1, 0.15) is 12.0 Å². The van der Waals surface area contributed by atoms with Crippen molar-refractivity contribution in [3.63, 3.8) is 0 Å².